The summed E-state index contributed by atoms with van der Waals surface area (Å²) in [5.41, 5.74) is 5.54. The molecule has 1 aromatic heterocycles. The highest BCUT2D eigenvalue weighted by atomic mass is 16.1. The number of aromatic nitrogens is 2. The lowest BCUT2D eigenvalue weighted by Crippen LogP contribution is -2.49. The minimum absolute atomic E-state index is 0.159. The number of nitrogens with zero attached hydrogens (tertiary/aromatic N) is 1. The molecule has 17 heavy (non-hydrogen) atoms. The standard InChI is InChI=1S/C12H20N4O/c1-9-2-4-12(8-13,5-3-9)16-10-11(17)15-7-6-14-10/h6-7,9H,2-5,8,13H2,1H3,(H,14,16)(H,15,17). The van der Waals surface area contributed by atoms with Gasteiger partial charge in [0.05, 0.1) is 5.54 Å². The Balaban J connectivity index is 2.15. The summed E-state index contributed by atoms with van der Waals surface area (Å²) in [5.74, 6) is 1.13. The zero-order valence-electron chi connectivity index (χ0n) is 10.2. The fourth-order valence-electron chi connectivity index (χ4n) is 2.39. The summed E-state index contributed by atoms with van der Waals surface area (Å²) in [5, 5.41) is 3.25. The summed E-state index contributed by atoms with van der Waals surface area (Å²) in [4.78, 5) is 18.3. The van der Waals surface area contributed by atoms with Crippen molar-refractivity contribution in [1.82, 2.24) is 9.97 Å². The maximum absolute atomic E-state index is 11.6. The molecule has 1 aliphatic rings. The van der Waals surface area contributed by atoms with Crippen LogP contribution in [0.15, 0.2) is 17.2 Å². The molecule has 1 heterocycles. The Morgan fingerprint density at radius 2 is 2.29 bits per heavy atom. The van der Waals surface area contributed by atoms with Gasteiger partial charge in [0.2, 0.25) is 0 Å². The van der Waals surface area contributed by atoms with E-state index in [0.717, 1.165) is 31.6 Å². The first-order valence-corrected chi connectivity index (χ1v) is 6.17. The second-order valence-corrected chi connectivity index (χ2v) is 5.06. The Bertz CT molecular complexity index is 421. The SMILES string of the molecule is CC1CCC(CN)(Nc2ncc[nH]c2=O)CC1. The molecule has 1 saturated carbocycles. The van der Waals surface area contributed by atoms with E-state index in [4.69, 9.17) is 5.73 Å². The van der Waals surface area contributed by atoms with Gasteiger partial charge in [-0.1, -0.05) is 6.92 Å². The van der Waals surface area contributed by atoms with Crippen LogP contribution in [0.4, 0.5) is 5.82 Å². The van der Waals surface area contributed by atoms with Crippen molar-refractivity contribution in [2.24, 2.45) is 11.7 Å². The summed E-state index contributed by atoms with van der Waals surface area (Å²) in [6.45, 7) is 2.80. The van der Waals surface area contributed by atoms with Gasteiger partial charge in [0.1, 0.15) is 0 Å². The predicted octanol–water partition coefficient (Wildman–Crippen LogP) is 1.09. The van der Waals surface area contributed by atoms with Crippen molar-refractivity contribution < 1.29 is 0 Å². The van der Waals surface area contributed by atoms with E-state index in [1.54, 1.807) is 6.20 Å². The average Bonchev–Trinajstić information content (AvgIpc) is 2.35. The third-order valence-electron chi connectivity index (χ3n) is 3.71. The van der Waals surface area contributed by atoms with Gasteiger partial charge in [-0.3, -0.25) is 4.79 Å². The molecular weight excluding hydrogens is 216 g/mol. The van der Waals surface area contributed by atoms with Crippen molar-refractivity contribution in [3.63, 3.8) is 0 Å². The summed E-state index contributed by atoms with van der Waals surface area (Å²) >= 11 is 0. The van der Waals surface area contributed by atoms with Gasteiger partial charge in [-0.25, -0.2) is 4.98 Å². The lowest BCUT2D eigenvalue weighted by atomic mass is 9.77. The Labute approximate surface area is 101 Å². The normalized spacial score (nSPS) is 28.9. The highest BCUT2D eigenvalue weighted by molar-refractivity contribution is 5.35. The van der Waals surface area contributed by atoms with Crippen molar-refractivity contribution in [3.8, 4) is 0 Å². The molecule has 5 nitrogen and oxygen atoms in total. The van der Waals surface area contributed by atoms with E-state index in [-0.39, 0.29) is 11.1 Å². The van der Waals surface area contributed by atoms with Gasteiger partial charge >= 0.3 is 0 Å². The van der Waals surface area contributed by atoms with Gasteiger partial charge in [0, 0.05) is 18.9 Å². The van der Waals surface area contributed by atoms with Crippen LogP contribution in [0.25, 0.3) is 0 Å². The molecule has 5 heteroatoms. The van der Waals surface area contributed by atoms with Crippen LogP contribution in [-0.2, 0) is 0 Å². The fourth-order valence-corrected chi connectivity index (χ4v) is 2.39. The smallest absolute Gasteiger partial charge is 0.290 e. The maximum Gasteiger partial charge on any atom is 0.290 e. The molecule has 1 aromatic rings. The summed E-state index contributed by atoms with van der Waals surface area (Å²) < 4.78 is 0. The highest BCUT2D eigenvalue weighted by Gasteiger charge is 2.33. The summed E-state index contributed by atoms with van der Waals surface area (Å²) in [6.07, 6.45) is 7.41. The molecule has 0 atom stereocenters. The number of hydrogen-bond donors (Lipinski definition) is 3. The number of nitrogens with two attached hydrogens (primary N) is 1. The largest absolute Gasteiger partial charge is 0.359 e. The van der Waals surface area contributed by atoms with Crippen molar-refractivity contribution in [2.75, 3.05) is 11.9 Å². The van der Waals surface area contributed by atoms with Crippen LogP contribution < -0.4 is 16.6 Å². The van der Waals surface area contributed by atoms with Crippen LogP contribution in [0.5, 0.6) is 0 Å². The number of H-pyrrole nitrogens is 1. The third kappa shape index (κ3) is 2.66. The zero-order valence-corrected chi connectivity index (χ0v) is 10.2. The van der Waals surface area contributed by atoms with E-state index in [0.29, 0.717) is 12.4 Å². The molecule has 94 valence electrons. The fraction of sp³-hybridized carbons (Fsp3) is 0.667. The monoisotopic (exact) mass is 236 g/mol. The lowest BCUT2D eigenvalue weighted by molar-refractivity contribution is 0.271. The van der Waals surface area contributed by atoms with Gasteiger partial charge in [-0.2, -0.15) is 0 Å². The van der Waals surface area contributed by atoms with Gasteiger partial charge in [-0.15, -0.1) is 0 Å². The van der Waals surface area contributed by atoms with Crippen molar-refractivity contribution in [1.29, 1.82) is 0 Å². The Hall–Kier alpha value is -1.36. The second kappa shape index (κ2) is 4.87. The topological polar surface area (TPSA) is 83.8 Å². The molecule has 0 amide bonds. The quantitative estimate of drug-likeness (QED) is 0.733. The van der Waals surface area contributed by atoms with Crippen LogP contribution in [0.1, 0.15) is 32.6 Å². The van der Waals surface area contributed by atoms with E-state index >= 15 is 0 Å². The average molecular weight is 236 g/mol. The van der Waals surface area contributed by atoms with E-state index in [9.17, 15) is 4.79 Å². The number of hydrogen-bond acceptors (Lipinski definition) is 4. The van der Waals surface area contributed by atoms with E-state index in [1.807, 2.05) is 0 Å². The van der Waals surface area contributed by atoms with Gasteiger partial charge in [0.25, 0.3) is 5.56 Å². The summed E-state index contributed by atoms with van der Waals surface area (Å²) in [7, 11) is 0. The van der Waals surface area contributed by atoms with Crippen LogP contribution in [0, 0.1) is 5.92 Å². The number of aromatic amines is 1. The lowest BCUT2D eigenvalue weighted by Gasteiger charge is -2.39. The molecule has 0 aliphatic heterocycles. The molecule has 2 rings (SSSR count). The van der Waals surface area contributed by atoms with Gasteiger partial charge in [-0.05, 0) is 31.6 Å². The van der Waals surface area contributed by atoms with Gasteiger partial charge < -0.3 is 16.0 Å². The summed E-state index contributed by atoms with van der Waals surface area (Å²) in [6, 6.07) is 0. The zero-order chi connectivity index (χ0) is 12.3. The minimum atomic E-state index is -0.182. The van der Waals surface area contributed by atoms with Gasteiger partial charge in [0.15, 0.2) is 5.82 Å². The van der Waals surface area contributed by atoms with Crippen LogP contribution >= 0.6 is 0 Å². The number of anilines is 1. The molecule has 1 aliphatic carbocycles. The Morgan fingerprint density at radius 1 is 1.59 bits per heavy atom. The van der Waals surface area contributed by atoms with Crippen LogP contribution in [0.2, 0.25) is 0 Å². The molecule has 0 bridgehead atoms. The molecule has 4 N–H and O–H groups in total. The Morgan fingerprint density at radius 3 is 2.88 bits per heavy atom. The number of rotatable bonds is 3. The second-order valence-electron chi connectivity index (χ2n) is 5.06. The first-order valence-electron chi connectivity index (χ1n) is 6.17. The maximum atomic E-state index is 11.6. The first-order chi connectivity index (χ1) is 8.15. The first kappa shape index (κ1) is 12.1. The molecule has 0 aromatic carbocycles. The van der Waals surface area contributed by atoms with Crippen molar-refractivity contribution >= 4 is 5.82 Å². The molecule has 1 fully saturated rings. The molecule has 0 saturated heterocycles. The van der Waals surface area contributed by atoms with E-state index in [2.05, 4.69) is 22.2 Å². The van der Waals surface area contributed by atoms with E-state index in [1.165, 1.54) is 6.20 Å². The molecule has 0 spiro atoms. The third-order valence-corrected chi connectivity index (χ3v) is 3.71. The molecule has 0 unspecified atom stereocenters. The minimum Gasteiger partial charge on any atom is -0.359 e. The highest BCUT2D eigenvalue weighted by Crippen LogP contribution is 2.32. The van der Waals surface area contributed by atoms with Crippen molar-refractivity contribution in [2.45, 2.75) is 38.1 Å². The predicted molar refractivity (Wildman–Crippen MR) is 67.9 cm³/mol. The molecular formula is C12H20N4O. The van der Waals surface area contributed by atoms with Crippen LogP contribution in [-0.4, -0.2) is 22.1 Å². The van der Waals surface area contributed by atoms with E-state index < -0.39 is 0 Å². The Kier molecular flexibility index (Phi) is 3.47. The van der Waals surface area contributed by atoms with Crippen molar-refractivity contribution in [3.05, 3.63) is 22.7 Å². The number of nitrogens with one attached hydrogen (secondary N) is 2. The molecule has 0 radical (unpaired) electrons. The van der Waals surface area contributed by atoms with Crippen LogP contribution in [0.3, 0.4) is 0 Å².